The molecule has 0 bridgehead atoms. The van der Waals surface area contributed by atoms with Gasteiger partial charge in [0, 0.05) is 12.6 Å². The second-order valence-electron chi connectivity index (χ2n) is 4.05. The maximum Gasteiger partial charge on any atom is 0.0669 e. The zero-order valence-electron chi connectivity index (χ0n) is 7.50. The van der Waals surface area contributed by atoms with Gasteiger partial charge >= 0.3 is 0 Å². The van der Waals surface area contributed by atoms with Crippen molar-refractivity contribution in [1.82, 2.24) is 4.90 Å². The summed E-state index contributed by atoms with van der Waals surface area (Å²) >= 11 is 0. The molecule has 2 rings (SSSR count). The van der Waals surface area contributed by atoms with Crippen LogP contribution in [0.5, 0.6) is 0 Å². The molecule has 2 saturated heterocycles. The van der Waals surface area contributed by atoms with E-state index >= 15 is 0 Å². The molecule has 2 aliphatic heterocycles. The Morgan fingerprint density at radius 1 is 1.17 bits per heavy atom. The molecule has 2 heteroatoms. The topological polar surface area (TPSA) is 27.0 Å². The summed E-state index contributed by atoms with van der Waals surface area (Å²) in [6.07, 6.45) is 6.51. The lowest BCUT2D eigenvalue weighted by molar-refractivity contribution is 0.0904. The molecule has 0 unspecified atom stereocenters. The van der Waals surface area contributed by atoms with E-state index in [9.17, 15) is 0 Å². The first-order valence-corrected chi connectivity index (χ1v) is 5.04. The Balaban J connectivity index is 1.95. The summed E-state index contributed by atoms with van der Waals surface area (Å²) < 4.78 is 0. The molecule has 2 aliphatic rings. The number of hydrogen-bond donors (Lipinski definition) is 0. The van der Waals surface area contributed by atoms with E-state index in [1.54, 1.807) is 0 Å². The van der Waals surface area contributed by atoms with E-state index in [-0.39, 0.29) is 0 Å². The minimum atomic E-state index is 0.319. The first kappa shape index (κ1) is 8.07. The van der Waals surface area contributed by atoms with E-state index in [1.807, 2.05) is 0 Å². The highest BCUT2D eigenvalue weighted by atomic mass is 15.2. The molecule has 0 saturated carbocycles. The standard InChI is InChI=1S/C10H16N2/c11-7-9-4-5-10-3-1-2-6-12(10)8-9/h9-10H,1-6,8H2/t9-,10-/m0/s1. The Labute approximate surface area is 74.2 Å². The molecule has 2 atom stereocenters. The number of nitrogens with zero attached hydrogens (tertiary/aromatic N) is 2. The van der Waals surface area contributed by atoms with E-state index in [2.05, 4.69) is 11.0 Å². The molecule has 12 heavy (non-hydrogen) atoms. The van der Waals surface area contributed by atoms with Crippen LogP contribution in [0, 0.1) is 17.2 Å². The van der Waals surface area contributed by atoms with Crippen LogP contribution in [0.15, 0.2) is 0 Å². The van der Waals surface area contributed by atoms with Gasteiger partial charge in [0.15, 0.2) is 0 Å². The average molecular weight is 164 g/mol. The second-order valence-corrected chi connectivity index (χ2v) is 4.05. The first-order valence-electron chi connectivity index (χ1n) is 5.04. The molecule has 0 aromatic carbocycles. The molecule has 66 valence electrons. The number of piperidine rings is 2. The van der Waals surface area contributed by atoms with Gasteiger partial charge in [-0.15, -0.1) is 0 Å². The molecule has 0 amide bonds. The fourth-order valence-corrected chi connectivity index (χ4v) is 2.50. The summed E-state index contributed by atoms with van der Waals surface area (Å²) in [7, 11) is 0. The number of fused-ring (bicyclic) bond motifs is 1. The molecule has 0 spiro atoms. The average Bonchev–Trinajstić information content (AvgIpc) is 2.17. The van der Waals surface area contributed by atoms with Crippen molar-refractivity contribution in [3.63, 3.8) is 0 Å². The van der Waals surface area contributed by atoms with Crippen LogP contribution < -0.4 is 0 Å². The van der Waals surface area contributed by atoms with Crippen LogP contribution in [0.4, 0.5) is 0 Å². The van der Waals surface area contributed by atoms with Gasteiger partial charge in [0.1, 0.15) is 0 Å². The maximum absolute atomic E-state index is 8.80. The fourth-order valence-electron chi connectivity index (χ4n) is 2.50. The van der Waals surface area contributed by atoms with Crippen molar-refractivity contribution < 1.29 is 0 Å². The summed E-state index contributed by atoms with van der Waals surface area (Å²) in [5.41, 5.74) is 0. The lowest BCUT2D eigenvalue weighted by atomic mass is 9.88. The van der Waals surface area contributed by atoms with Gasteiger partial charge in [-0.2, -0.15) is 5.26 Å². The predicted octanol–water partition coefficient (Wildman–Crippen LogP) is 1.77. The molecule has 0 N–H and O–H groups in total. The molecule has 0 aromatic heterocycles. The zero-order valence-corrected chi connectivity index (χ0v) is 7.50. The van der Waals surface area contributed by atoms with Gasteiger partial charge in [-0.25, -0.2) is 0 Å². The van der Waals surface area contributed by atoms with Crippen molar-refractivity contribution >= 4 is 0 Å². The van der Waals surface area contributed by atoms with Crippen molar-refractivity contribution in [3.05, 3.63) is 0 Å². The van der Waals surface area contributed by atoms with Gasteiger partial charge in [0.25, 0.3) is 0 Å². The van der Waals surface area contributed by atoms with Gasteiger partial charge < -0.3 is 0 Å². The van der Waals surface area contributed by atoms with Gasteiger partial charge in [-0.1, -0.05) is 6.42 Å². The predicted molar refractivity (Wildman–Crippen MR) is 47.5 cm³/mol. The molecule has 2 heterocycles. The van der Waals surface area contributed by atoms with Crippen LogP contribution in [0.1, 0.15) is 32.1 Å². The van der Waals surface area contributed by atoms with Crippen LogP contribution in [-0.4, -0.2) is 24.0 Å². The smallest absolute Gasteiger partial charge is 0.0669 e. The molecule has 0 aliphatic carbocycles. The monoisotopic (exact) mass is 164 g/mol. The molecule has 2 nitrogen and oxygen atoms in total. The highest BCUT2D eigenvalue weighted by Gasteiger charge is 2.29. The maximum atomic E-state index is 8.80. The lowest BCUT2D eigenvalue weighted by Crippen LogP contribution is -2.45. The first-order chi connectivity index (χ1) is 5.90. The van der Waals surface area contributed by atoms with Crippen molar-refractivity contribution in [3.8, 4) is 6.07 Å². The van der Waals surface area contributed by atoms with Crippen molar-refractivity contribution in [2.75, 3.05) is 13.1 Å². The van der Waals surface area contributed by atoms with Crippen LogP contribution in [0.25, 0.3) is 0 Å². The third kappa shape index (κ3) is 1.47. The summed E-state index contributed by atoms with van der Waals surface area (Å²) in [5.74, 6) is 0.319. The van der Waals surface area contributed by atoms with E-state index in [0.29, 0.717) is 5.92 Å². The van der Waals surface area contributed by atoms with E-state index < -0.39 is 0 Å². The third-order valence-corrected chi connectivity index (χ3v) is 3.23. The quantitative estimate of drug-likeness (QED) is 0.545. The fraction of sp³-hybridized carbons (Fsp3) is 0.900. The number of nitriles is 1. The largest absolute Gasteiger partial charge is 0.299 e. The van der Waals surface area contributed by atoms with Crippen LogP contribution >= 0.6 is 0 Å². The second kappa shape index (κ2) is 3.45. The lowest BCUT2D eigenvalue weighted by Gasteiger charge is -2.40. The normalized spacial score (nSPS) is 36.9. The van der Waals surface area contributed by atoms with Crippen LogP contribution in [-0.2, 0) is 0 Å². The summed E-state index contributed by atoms with van der Waals surface area (Å²) in [5, 5.41) is 8.80. The Morgan fingerprint density at radius 2 is 2.08 bits per heavy atom. The van der Waals surface area contributed by atoms with Crippen molar-refractivity contribution in [2.45, 2.75) is 38.1 Å². The van der Waals surface area contributed by atoms with Crippen molar-refractivity contribution in [2.24, 2.45) is 5.92 Å². The minimum absolute atomic E-state index is 0.319. The van der Waals surface area contributed by atoms with Crippen LogP contribution in [0.3, 0.4) is 0 Å². The van der Waals surface area contributed by atoms with Gasteiger partial charge in [0.05, 0.1) is 12.0 Å². The molecular formula is C10H16N2. The SMILES string of the molecule is N#C[C@@H]1CC[C@@H]2CCCCN2C1. The van der Waals surface area contributed by atoms with E-state index in [4.69, 9.17) is 5.26 Å². The Hall–Kier alpha value is -0.550. The molecule has 0 radical (unpaired) electrons. The number of hydrogen-bond acceptors (Lipinski definition) is 2. The summed E-state index contributed by atoms with van der Waals surface area (Å²) in [6.45, 7) is 2.28. The Bertz CT molecular complexity index is 195. The third-order valence-electron chi connectivity index (χ3n) is 3.23. The zero-order chi connectivity index (χ0) is 8.39. The Morgan fingerprint density at radius 3 is 2.92 bits per heavy atom. The van der Waals surface area contributed by atoms with Crippen molar-refractivity contribution in [1.29, 1.82) is 5.26 Å². The van der Waals surface area contributed by atoms with Gasteiger partial charge in [-0.05, 0) is 32.2 Å². The minimum Gasteiger partial charge on any atom is -0.299 e. The van der Waals surface area contributed by atoms with Gasteiger partial charge in [-0.3, -0.25) is 4.90 Å². The molecule has 0 aromatic rings. The summed E-state index contributed by atoms with van der Waals surface area (Å²) in [4.78, 5) is 2.53. The van der Waals surface area contributed by atoms with E-state index in [0.717, 1.165) is 19.0 Å². The highest BCUT2D eigenvalue weighted by molar-refractivity contribution is 4.93. The summed E-state index contributed by atoms with van der Waals surface area (Å²) in [6, 6.07) is 3.22. The van der Waals surface area contributed by atoms with Gasteiger partial charge in [0.2, 0.25) is 0 Å². The van der Waals surface area contributed by atoms with E-state index in [1.165, 1.54) is 32.2 Å². The molecular weight excluding hydrogens is 148 g/mol. The number of rotatable bonds is 0. The van der Waals surface area contributed by atoms with Crippen LogP contribution in [0.2, 0.25) is 0 Å². The Kier molecular flexibility index (Phi) is 2.32. The molecule has 2 fully saturated rings. The highest BCUT2D eigenvalue weighted by Crippen LogP contribution is 2.28.